The number of aliphatic hydroxyl groups is 1. The molecule has 2 spiro atoms. The number of aliphatic hydroxyl groups excluding tert-OH is 1. The average molecular weight is 501 g/mol. The van der Waals surface area contributed by atoms with Gasteiger partial charge in [0.05, 0.1) is 24.7 Å². The highest BCUT2D eigenvalue weighted by molar-refractivity contribution is 5.85. The van der Waals surface area contributed by atoms with Gasteiger partial charge in [-0.25, -0.2) is 14.4 Å². The number of rotatable bonds is 0. The van der Waals surface area contributed by atoms with Crippen molar-refractivity contribution in [2.24, 2.45) is 10.8 Å². The summed E-state index contributed by atoms with van der Waals surface area (Å²) in [5, 5.41) is 11.3. The Kier molecular flexibility index (Phi) is 6.21. The van der Waals surface area contributed by atoms with Gasteiger partial charge in [-0.05, 0) is 26.7 Å². The van der Waals surface area contributed by atoms with Crippen LogP contribution < -0.4 is 0 Å². The molecule has 3 fully saturated rings. The predicted octanol–water partition coefficient (Wildman–Crippen LogP) is 2.09. The van der Waals surface area contributed by atoms with E-state index in [9.17, 15) is 19.5 Å². The van der Waals surface area contributed by atoms with Gasteiger partial charge in [0.2, 0.25) is 0 Å². The predicted molar refractivity (Wildman–Crippen MR) is 125 cm³/mol. The molecule has 3 aliphatic heterocycles. The summed E-state index contributed by atoms with van der Waals surface area (Å²) < 4.78 is 29.3. The Morgan fingerprint density at radius 1 is 0.917 bits per heavy atom. The highest BCUT2D eigenvalue weighted by atomic mass is 16.7. The van der Waals surface area contributed by atoms with Crippen LogP contribution in [-0.4, -0.2) is 72.9 Å². The van der Waals surface area contributed by atoms with Crippen LogP contribution in [0, 0.1) is 10.8 Å². The molecule has 0 amide bonds. The number of carbonyl (C=O) groups is 3. The lowest BCUT2D eigenvalue weighted by Gasteiger charge is -2.58. The minimum Gasteiger partial charge on any atom is -0.462 e. The van der Waals surface area contributed by atoms with E-state index < -0.39 is 58.8 Å². The van der Waals surface area contributed by atoms with Crippen LogP contribution in [-0.2, 0) is 38.1 Å². The number of hydrogen-bond acceptors (Lipinski definition) is 9. The fourth-order valence-electron chi connectivity index (χ4n) is 6.50. The van der Waals surface area contributed by atoms with E-state index in [1.54, 1.807) is 6.92 Å². The molecule has 9 nitrogen and oxygen atoms in total. The first kappa shape index (κ1) is 24.9. The Hall–Kier alpha value is -2.75. The van der Waals surface area contributed by atoms with E-state index in [0.29, 0.717) is 25.0 Å². The summed E-state index contributed by atoms with van der Waals surface area (Å²) in [6.07, 6.45) is 7.09. The van der Waals surface area contributed by atoms with Crippen molar-refractivity contribution in [1.29, 1.82) is 0 Å². The van der Waals surface area contributed by atoms with Gasteiger partial charge in [0.15, 0.2) is 0 Å². The summed E-state index contributed by atoms with van der Waals surface area (Å²) in [6.45, 7) is 6.21. The maximum Gasteiger partial charge on any atom is 0.331 e. The first-order valence-corrected chi connectivity index (χ1v) is 12.3. The summed E-state index contributed by atoms with van der Waals surface area (Å²) in [4.78, 5) is 37.4. The first-order chi connectivity index (χ1) is 17.1. The zero-order valence-corrected chi connectivity index (χ0v) is 20.7. The van der Waals surface area contributed by atoms with E-state index in [1.165, 1.54) is 30.4 Å². The van der Waals surface area contributed by atoms with E-state index in [2.05, 4.69) is 0 Å². The lowest BCUT2D eigenvalue weighted by Crippen LogP contribution is -2.66. The summed E-state index contributed by atoms with van der Waals surface area (Å²) >= 11 is 0. The van der Waals surface area contributed by atoms with Gasteiger partial charge in [-0.1, -0.05) is 36.3 Å². The molecule has 1 saturated carbocycles. The SMILES string of the molecule is CC1=CC(=O)OC[C@]23CCC(C)=C[C@H]2O[C@@H]2[C@H](O)[C@@H](OC(=O)C=CC=CC(=O)OCC1)[C@@]3(C)[C@]21CO1. The van der Waals surface area contributed by atoms with Crippen molar-refractivity contribution in [1.82, 2.24) is 0 Å². The van der Waals surface area contributed by atoms with E-state index in [-0.39, 0.29) is 13.2 Å². The minimum atomic E-state index is -1.13. The van der Waals surface area contributed by atoms with Crippen LogP contribution in [0.3, 0.4) is 0 Å². The fourth-order valence-corrected chi connectivity index (χ4v) is 6.50. The normalized spacial score (nSPS) is 42.8. The molecule has 0 aromatic carbocycles. The Balaban J connectivity index is 1.57. The van der Waals surface area contributed by atoms with Crippen LogP contribution in [0.4, 0.5) is 0 Å². The third-order valence-corrected chi connectivity index (χ3v) is 8.65. The van der Waals surface area contributed by atoms with Gasteiger partial charge in [-0.3, -0.25) is 0 Å². The molecule has 3 heterocycles. The van der Waals surface area contributed by atoms with Crippen molar-refractivity contribution in [2.45, 2.75) is 70.1 Å². The molecule has 2 saturated heterocycles. The zero-order valence-electron chi connectivity index (χ0n) is 20.7. The summed E-state index contributed by atoms with van der Waals surface area (Å²) in [7, 11) is 0. The summed E-state index contributed by atoms with van der Waals surface area (Å²) in [6, 6.07) is 0. The molecular formula is C27H32O9. The average Bonchev–Trinajstić information content (AvgIpc) is 3.61. The van der Waals surface area contributed by atoms with Crippen LogP contribution in [0.1, 0.15) is 40.0 Å². The largest absolute Gasteiger partial charge is 0.462 e. The zero-order chi connectivity index (χ0) is 25.7. The number of hydrogen-bond donors (Lipinski definition) is 1. The van der Waals surface area contributed by atoms with Gasteiger partial charge in [0, 0.05) is 30.1 Å². The van der Waals surface area contributed by atoms with Gasteiger partial charge in [-0.2, -0.15) is 0 Å². The fraction of sp³-hybridized carbons (Fsp3) is 0.593. The third kappa shape index (κ3) is 3.76. The third-order valence-electron chi connectivity index (χ3n) is 8.65. The highest BCUT2D eigenvalue weighted by Crippen LogP contribution is 2.72. The van der Waals surface area contributed by atoms with Crippen molar-refractivity contribution in [3.63, 3.8) is 0 Å². The van der Waals surface area contributed by atoms with E-state index >= 15 is 0 Å². The van der Waals surface area contributed by atoms with Crippen LogP contribution >= 0.6 is 0 Å². The van der Waals surface area contributed by atoms with Crippen molar-refractivity contribution in [3.05, 3.63) is 47.6 Å². The van der Waals surface area contributed by atoms with Crippen LogP contribution in [0.2, 0.25) is 0 Å². The molecule has 0 aromatic heterocycles. The maximum absolute atomic E-state index is 12.8. The molecule has 36 heavy (non-hydrogen) atoms. The second kappa shape index (κ2) is 8.97. The highest BCUT2D eigenvalue weighted by Gasteiger charge is 2.85. The lowest BCUT2D eigenvalue weighted by atomic mass is 9.51. The molecular weight excluding hydrogens is 468 g/mol. The molecule has 0 radical (unpaired) electrons. The molecule has 194 valence electrons. The molecule has 0 aromatic rings. The van der Waals surface area contributed by atoms with Crippen LogP contribution in [0.25, 0.3) is 0 Å². The summed E-state index contributed by atoms with van der Waals surface area (Å²) in [5.41, 5.74) is -0.668. The quantitative estimate of drug-likeness (QED) is 0.231. The number of allylic oxidation sites excluding steroid dienone is 3. The minimum absolute atomic E-state index is 0.00667. The molecule has 5 aliphatic rings. The van der Waals surface area contributed by atoms with Gasteiger partial charge >= 0.3 is 17.9 Å². The Morgan fingerprint density at radius 3 is 2.36 bits per heavy atom. The van der Waals surface area contributed by atoms with Crippen molar-refractivity contribution >= 4 is 17.9 Å². The number of esters is 3. The Labute approximate surface area is 209 Å². The van der Waals surface area contributed by atoms with Gasteiger partial charge in [0.25, 0.3) is 0 Å². The van der Waals surface area contributed by atoms with Gasteiger partial charge < -0.3 is 28.8 Å². The van der Waals surface area contributed by atoms with Crippen molar-refractivity contribution < 1.29 is 43.2 Å². The molecule has 7 atom stereocenters. The van der Waals surface area contributed by atoms with Gasteiger partial charge in [0.1, 0.15) is 30.5 Å². The van der Waals surface area contributed by atoms with Crippen molar-refractivity contribution in [2.75, 3.05) is 19.8 Å². The Morgan fingerprint density at radius 2 is 1.64 bits per heavy atom. The van der Waals surface area contributed by atoms with E-state index in [1.807, 2.05) is 19.9 Å². The van der Waals surface area contributed by atoms with Crippen molar-refractivity contribution in [3.8, 4) is 0 Å². The second-order valence-corrected chi connectivity index (χ2v) is 10.6. The molecule has 0 unspecified atom stereocenters. The first-order valence-electron chi connectivity index (χ1n) is 12.3. The van der Waals surface area contributed by atoms with E-state index in [4.69, 9.17) is 23.7 Å². The Bertz CT molecular complexity index is 1080. The monoisotopic (exact) mass is 500 g/mol. The molecule has 2 aliphatic carbocycles. The number of epoxide rings is 1. The smallest absolute Gasteiger partial charge is 0.331 e. The van der Waals surface area contributed by atoms with E-state index in [0.717, 1.165) is 12.0 Å². The van der Waals surface area contributed by atoms with Crippen LogP contribution in [0.15, 0.2) is 47.6 Å². The standard InChI is InChI=1S/C27H32O9/c1-16-8-10-26-14-33-21(30)13-17(2)9-11-32-19(28)6-4-5-7-20(29)36-23-22(31)24(35-18(26)12-16)27(15-34-27)25(23,26)3/h4-7,12-13,18,22-24,31H,8-11,14-15H2,1-3H3/t18-,22-,23-,24-,25-,26-,27+/m1/s1. The number of cyclic esters (lactones) is 2. The maximum atomic E-state index is 12.8. The molecule has 5 rings (SSSR count). The summed E-state index contributed by atoms with van der Waals surface area (Å²) in [5.74, 6) is -1.77. The van der Waals surface area contributed by atoms with Gasteiger partial charge in [-0.15, -0.1) is 0 Å². The molecule has 2 bridgehead atoms. The van der Waals surface area contributed by atoms with Crippen LogP contribution in [0.5, 0.6) is 0 Å². The second-order valence-electron chi connectivity index (χ2n) is 10.6. The number of ether oxygens (including phenoxy) is 5. The number of carbonyl (C=O) groups excluding carboxylic acids is 3. The topological polar surface area (TPSA) is 121 Å². The lowest BCUT2D eigenvalue weighted by molar-refractivity contribution is -0.232. The molecule has 9 heteroatoms. The molecule has 1 N–H and O–H groups in total.